The molecule has 1 aromatic heterocycles. The molecule has 0 bridgehead atoms. The van der Waals surface area contributed by atoms with E-state index >= 15 is 0 Å². The summed E-state index contributed by atoms with van der Waals surface area (Å²) in [5.74, 6) is 5.92. The minimum atomic E-state index is -1.05. The molecule has 0 aromatic carbocycles. The smallest absolute Gasteiger partial charge is 0.157 e. The molecule has 1 aromatic rings. The lowest BCUT2D eigenvalue weighted by Gasteiger charge is -2.56. The van der Waals surface area contributed by atoms with Crippen molar-refractivity contribution in [3.8, 4) is 0 Å². The molecule has 5 heteroatoms. The number of rotatable bonds is 4. The Morgan fingerprint density at radius 2 is 1.93 bits per heavy atom. The van der Waals surface area contributed by atoms with Crippen LogP contribution in [0.25, 0.3) is 0 Å². The fraction of sp³-hybridized carbons (Fsp3) is 0.840. The molecule has 0 aliphatic heterocycles. The van der Waals surface area contributed by atoms with Gasteiger partial charge in [0.05, 0.1) is 28.4 Å². The highest BCUT2D eigenvalue weighted by Crippen LogP contribution is 2.64. The van der Waals surface area contributed by atoms with Crippen LogP contribution in [-0.4, -0.2) is 26.0 Å². The Hall–Kier alpha value is -0.970. The van der Waals surface area contributed by atoms with Gasteiger partial charge < -0.3 is 0 Å². The summed E-state index contributed by atoms with van der Waals surface area (Å²) in [6.07, 6.45) is 17.2. The number of nitrogens with zero attached hydrogens (tertiary/aromatic N) is 2. The SMILES string of the molecule is CC1CCC2C(CCC3C2CCC2(C)C(C(=O)Cn4cc(S(C)=O)cn4)CCC32)C1. The van der Waals surface area contributed by atoms with E-state index in [1.807, 2.05) is 0 Å². The average Bonchev–Trinajstić information content (AvgIpc) is 3.31. The predicted molar refractivity (Wildman–Crippen MR) is 119 cm³/mol. The Bertz CT molecular complexity index is 835. The number of fused-ring (bicyclic) bond motifs is 5. The van der Waals surface area contributed by atoms with Gasteiger partial charge in [0.1, 0.15) is 0 Å². The first-order chi connectivity index (χ1) is 14.4. The highest BCUT2D eigenvalue weighted by Gasteiger charge is 2.58. The van der Waals surface area contributed by atoms with Gasteiger partial charge >= 0.3 is 0 Å². The highest BCUT2D eigenvalue weighted by molar-refractivity contribution is 7.84. The van der Waals surface area contributed by atoms with Gasteiger partial charge in [-0.1, -0.05) is 20.3 Å². The number of aromatic nitrogens is 2. The van der Waals surface area contributed by atoms with Crippen LogP contribution in [0.1, 0.15) is 71.6 Å². The zero-order chi connectivity index (χ0) is 21.0. The van der Waals surface area contributed by atoms with Crippen LogP contribution in [0.5, 0.6) is 0 Å². The molecule has 4 aliphatic rings. The van der Waals surface area contributed by atoms with Crippen LogP contribution in [0.4, 0.5) is 0 Å². The van der Waals surface area contributed by atoms with E-state index in [-0.39, 0.29) is 11.3 Å². The second-order valence-electron chi connectivity index (χ2n) is 11.3. The maximum Gasteiger partial charge on any atom is 0.157 e. The Kier molecular flexibility index (Phi) is 5.48. The number of hydrogen-bond acceptors (Lipinski definition) is 3. The third kappa shape index (κ3) is 3.43. The van der Waals surface area contributed by atoms with E-state index < -0.39 is 10.8 Å². The molecule has 0 saturated heterocycles. The summed E-state index contributed by atoms with van der Waals surface area (Å²) in [4.78, 5) is 14.0. The summed E-state index contributed by atoms with van der Waals surface area (Å²) >= 11 is 0. The van der Waals surface area contributed by atoms with E-state index in [2.05, 4.69) is 18.9 Å². The van der Waals surface area contributed by atoms with Crippen molar-refractivity contribution in [2.24, 2.45) is 46.8 Å². The number of ketones is 1. The van der Waals surface area contributed by atoms with E-state index in [1.165, 1.54) is 51.4 Å². The van der Waals surface area contributed by atoms with Gasteiger partial charge in [-0.3, -0.25) is 13.7 Å². The van der Waals surface area contributed by atoms with Gasteiger partial charge in [0.15, 0.2) is 5.78 Å². The van der Waals surface area contributed by atoms with E-state index in [1.54, 1.807) is 23.3 Å². The normalized spacial score (nSPS) is 44.0. The van der Waals surface area contributed by atoms with Gasteiger partial charge in [-0.25, -0.2) is 0 Å². The second-order valence-corrected chi connectivity index (χ2v) is 12.7. The molecule has 166 valence electrons. The molecule has 5 rings (SSSR count). The molecule has 4 aliphatic carbocycles. The monoisotopic (exact) mass is 430 g/mol. The van der Waals surface area contributed by atoms with Crippen LogP contribution >= 0.6 is 0 Å². The molecule has 4 nitrogen and oxygen atoms in total. The summed E-state index contributed by atoms with van der Waals surface area (Å²) in [6, 6.07) is 0. The molecule has 0 amide bonds. The summed E-state index contributed by atoms with van der Waals surface area (Å²) < 4.78 is 13.4. The van der Waals surface area contributed by atoms with E-state index in [0.717, 1.165) is 41.9 Å². The number of hydrogen-bond donors (Lipinski definition) is 0. The number of Topliss-reactive ketones (excluding diaryl/α,β-unsaturated/α-hetero) is 1. The maximum atomic E-state index is 13.3. The van der Waals surface area contributed by atoms with Crippen molar-refractivity contribution in [2.45, 2.75) is 83.1 Å². The highest BCUT2D eigenvalue weighted by atomic mass is 32.2. The first kappa shape index (κ1) is 20.9. The van der Waals surface area contributed by atoms with Gasteiger partial charge in [-0.15, -0.1) is 0 Å². The zero-order valence-corrected chi connectivity index (χ0v) is 19.7. The third-order valence-electron chi connectivity index (χ3n) is 9.86. The first-order valence-corrected chi connectivity index (χ1v) is 13.8. The predicted octanol–water partition coefficient (Wildman–Crippen LogP) is 5.09. The molecule has 30 heavy (non-hydrogen) atoms. The topological polar surface area (TPSA) is 52.0 Å². The fourth-order valence-corrected chi connectivity index (χ4v) is 8.93. The molecule has 4 saturated carbocycles. The van der Waals surface area contributed by atoms with E-state index in [4.69, 9.17) is 0 Å². The van der Waals surface area contributed by atoms with Gasteiger partial charge in [0.25, 0.3) is 0 Å². The van der Waals surface area contributed by atoms with Crippen LogP contribution in [0.3, 0.4) is 0 Å². The first-order valence-electron chi connectivity index (χ1n) is 12.3. The van der Waals surface area contributed by atoms with Crippen molar-refractivity contribution in [3.63, 3.8) is 0 Å². The number of carbonyl (C=O) groups excluding carboxylic acids is 1. The lowest BCUT2D eigenvalue weighted by molar-refractivity contribution is -0.131. The van der Waals surface area contributed by atoms with Crippen LogP contribution in [0.2, 0.25) is 0 Å². The quantitative estimate of drug-likeness (QED) is 0.668. The summed E-state index contributed by atoms with van der Waals surface area (Å²) in [5, 5.41) is 4.30. The average molecular weight is 431 g/mol. The van der Waals surface area contributed by atoms with Gasteiger partial charge in [0.2, 0.25) is 0 Å². The van der Waals surface area contributed by atoms with Crippen molar-refractivity contribution in [2.75, 3.05) is 6.26 Å². The largest absolute Gasteiger partial charge is 0.297 e. The van der Waals surface area contributed by atoms with Crippen molar-refractivity contribution in [3.05, 3.63) is 12.4 Å². The Morgan fingerprint density at radius 1 is 1.13 bits per heavy atom. The zero-order valence-electron chi connectivity index (χ0n) is 18.9. The molecule has 0 spiro atoms. The van der Waals surface area contributed by atoms with Gasteiger partial charge in [-0.2, -0.15) is 5.10 Å². The molecule has 0 radical (unpaired) electrons. The second kappa shape index (κ2) is 7.86. The van der Waals surface area contributed by atoms with E-state index in [0.29, 0.717) is 17.2 Å². The van der Waals surface area contributed by atoms with Crippen LogP contribution in [0, 0.1) is 46.8 Å². The van der Waals surface area contributed by atoms with Crippen LogP contribution in [-0.2, 0) is 22.1 Å². The molecule has 0 N–H and O–H groups in total. The summed E-state index contributed by atoms with van der Waals surface area (Å²) in [7, 11) is -1.05. The molecular weight excluding hydrogens is 392 g/mol. The Labute approximate surface area is 184 Å². The van der Waals surface area contributed by atoms with Crippen molar-refractivity contribution in [1.29, 1.82) is 0 Å². The van der Waals surface area contributed by atoms with Gasteiger partial charge in [-0.05, 0) is 92.3 Å². The van der Waals surface area contributed by atoms with Crippen LogP contribution < -0.4 is 0 Å². The lowest BCUT2D eigenvalue weighted by Crippen LogP contribution is -2.49. The summed E-state index contributed by atoms with van der Waals surface area (Å²) in [5.41, 5.74) is 0.177. The lowest BCUT2D eigenvalue weighted by atomic mass is 9.49. The molecular formula is C25H38N2O2S. The molecule has 4 fully saturated rings. The minimum absolute atomic E-state index is 0.173. The molecule has 9 unspecified atom stereocenters. The van der Waals surface area contributed by atoms with Crippen molar-refractivity contribution >= 4 is 16.6 Å². The van der Waals surface area contributed by atoms with Crippen molar-refractivity contribution < 1.29 is 9.00 Å². The third-order valence-corrected chi connectivity index (χ3v) is 10.7. The summed E-state index contributed by atoms with van der Waals surface area (Å²) in [6.45, 7) is 5.23. The van der Waals surface area contributed by atoms with Crippen molar-refractivity contribution in [1.82, 2.24) is 9.78 Å². The standard InChI is InChI=1S/C25H38N2O2S/c1-16-4-6-19-17(12-16)5-7-21-20(19)10-11-25(2)22(21)8-9-23(25)24(28)15-27-14-18(13-26-27)30(3)29/h13-14,16-17,19-23H,4-12,15H2,1-3H3. The Balaban J connectivity index is 1.30. The number of carbonyl (C=O) groups is 1. The Morgan fingerprint density at radius 3 is 2.70 bits per heavy atom. The molecule has 9 atom stereocenters. The van der Waals surface area contributed by atoms with Gasteiger partial charge in [0, 0.05) is 18.4 Å². The minimum Gasteiger partial charge on any atom is -0.297 e. The maximum absolute atomic E-state index is 13.3. The van der Waals surface area contributed by atoms with Crippen LogP contribution in [0.15, 0.2) is 17.3 Å². The molecule has 1 heterocycles. The van der Waals surface area contributed by atoms with E-state index in [9.17, 15) is 9.00 Å². The fourth-order valence-electron chi connectivity index (χ4n) is 8.47.